The van der Waals surface area contributed by atoms with Gasteiger partial charge in [-0.3, -0.25) is 10.1 Å². The Labute approximate surface area is 81.3 Å². The molecule has 0 heterocycles. The standard InChI is InChI=1S/C7H5BrFNO3/c1-3-6(9)5(10(12)13)2-4(8)7(3)11/h2,11H,1H3. The Kier molecular flexibility index (Phi) is 2.51. The Morgan fingerprint density at radius 3 is 2.69 bits per heavy atom. The lowest BCUT2D eigenvalue weighted by Gasteiger charge is -2.02. The van der Waals surface area contributed by atoms with Crippen LogP contribution in [0.4, 0.5) is 10.1 Å². The fraction of sp³-hybridized carbons (Fsp3) is 0.143. The summed E-state index contributed by atoms with van der Waals surface area (Å²) in [5.74, 6) is -1.33. The van der Waals surface area contributed by atoms with Crippen LogP contribution in [0.5, 0.6) is 5.75 Å². The maximum atomic E-state index is 13.1. The van der Waals surface area contributed by atoms with Crippen molar-refractivity contribution < 1.29 is 14.4 Å². The number of halogens is 2. The van der Waals surface area contributed by atoms with Crippen LogP contribution in [0.3, 0.4) is 0 Å². The second-order valence-corrected chi connectivity index (χ2v) is 3.28. The molecule has 0 aliphatic rings. The maximum Gasteiger partial charge on any atom is 0.306 e. The molecule has 0 spiro atoms. The molecule has 0 aliphatic heterocycles. The Morgan fingerprint density at radius 1 is 1.69 bits per heavy atom. The van der Waals surface area contributed by atoms with Crippen LogP contribution in [-0.4, -0.2) is 10.0 Å². The highest BCUT2D eigenvalue weighted by Crippen LogP contribution is 2.34. The number of phenolic OH excluding ortho intramolecular Hbond substituents is 1. The SMILES string of the molecule is Cc1c(O)c(Br)cc([N+](=O)[O-])c1F. The van der Waals surface area contributed by atoms with Crippen molar-refractivity contribution in [2.75, 3.05) is 0 Å². The largest absolute Gasteiger partial charge is 0.506 e. The minimum Gasteiger partial charge on any atom is -0.506 e. The van der Waals surface area contributed by atoms with Crippen molar-refractivity contribution in [2.45, 2.75) is 6.92 Å². The van der Waals surface area contributed by atoms with Gasteiger partial charge in [0.15, 0.2) is 0 Å². The quantitative estimate of drug-likeness (QED) is 0.615. The number of benzene rings is 1. The van der Waals surface area contributed by atoms with Gasteiger partial charge in [0.2, 0.25) is 5.82 Å². The number of aromatic hydroxyl groups is 1. The molecule has 1 aromatic rings. The molecular formula is C7H5BrFNO3. The Bertz CT molecular complexity index is 380. The van der Waals surface area contributed by atoms with Crippen molar-refractivity contribution in [3.63, 3.8) is 0 Å². The van der Waals surface area contributed by atoms with Gasteiger partial charge in [0.25, 0.3) is 0 Å². The molecule has 13 heavy (non-hydrogen) atoms. The zero-order valence-corrected chi connectivity index (χ0v) is 8.13. The zero-order chi connectivity index (χ0) is 10.2. The van der Waals surface area contributed by atoms with E-state index in [0.717, 1.165) is 6.07 Å². The van der Waals surface area contributed by atoms with E-state index in [9.17, 15) is 19.6 Å². The number of rotatable bonds is 1. The molecule has 0 unspecified atom stereocenters. The third kappa shape index (κ3) is 1.62. The number of phenols is 1. The molecule has 0 aliphatic carbocycles. The Hall–Kier alpha value is -1.17. The molecule has 70 valence electrons. The van der Waals surface area contributed by atoms with Gasteiger partial charge in [0, 0.05) is 11.6 Å². The lowest BCUT2D eigenvalue weighted by atomic mass is 10.2. The summed E-state index contributed by atoms with van der Waals surface area (Å²) in [5, 5.41) is 19.5. The number of hydrogen-bond donors (Lipinski definition) is 1. The summed E-state index contributed by atoms with van der Waals surface area (Å²) in [6.45, 7) is 1.27. The van der Waals surface area contributed by atoms with Crippen LogP contribution in [0.1, 0.15) is 5.56 Å². The first-order valence-electron chi connectivity index (χ1n) is 3.27. The first-order chi connectivity index (χ1) is 5.95. The van der Waals surface area contributed by atoms with Gasteiger partial charge in [-0.15, -0.1) is 0 Å². The molecule has 0 saturated heterocycles. The summed E-state index contributed by atoms with van der Waals surface area (Å²) < 4.78 is 13.2. The van der Waals surface area contributed by atoms with Gasteiger partial charge >= 0.3 is 5.69 Å². The summed E-state index contributed by atoms with van der Waals surface area (Å²) >= 11 is 2.88. The smallest absolute Gasteiger partial charge is 0.306 e. The van der Waals surface area contributed by atoms with E-state index < -0.39 is 16.4 Å². The number of nitro groups is 1. The van der Waals surface area contributed by atoms with E-state index in [1.54, 1.807) is 0 Å². The van der Waals surface area contributed by atoms with Gasteiger partial charge in [-0.05, 0) is 22.9 Å². The second kappa shape index (κ2) is 3.29. The topological polar surface area (TPSA) is 63.4 Å². The third-order valence-electron chi connectivity index (χ3n) is 1.60. The molecule has 1 N–H and O–H groups in total. The zero-order valence-electron chi connectivity index (χ0n) is 6.54. The first kappa shape index (κ1) is 9.91. The third-order valence-corrected chi connectivity index (χ3v) is 2.20. The van der Waals surface area contributed by atoms with Crippen LogP contribution < -0.4 is 0 Å². The van der Waals surface area contributed by atoms with Gasteiger partial charge in [-0.1, -0.05) is 0 Å². The van der Waals surface area contributed by atoms with E-state index in [2.05, 4.69) is 15.9 Å². The molecule has 0 radical (unpaired) electrons. The van der Waals surface area contributed by atoms with E-state index in [1.165, 1.54) is 6.92 Å². The Morgan fingerprint density at radius 2 is 2.23 bits per heavy atom. The van der Waals surface area contributed by atoms with Gasteiger partial charge in [0.1, 0.15) is 5.75 Å². The highest BCUT2D eigenvalue weighted by atomic mass is 79.9. The van der Waals surface area contributed by atoms with E-state index >= 15 is 0 Å². The predicted octanol–water partition coefficient (Wildman–Crippen LogP) is 2.51. The summed E-state index contributed by atoms with van der Waals surface area (Å²) in [6, 6.07) is 0.928. The molecule has 0 amide bonds. The minimum absolute atomic E-state index is 0.109. The van der Waals surface area contributed by atoms with Gasteiger partial charge in [0.05, 0.1) is 9.40 Å². The molecule has 0 aromatic heterocycles. The highest BCUT2D eigenvalue weighted by Gasteiger charge is 2.20. The van der Waals surface area contributed by atoms with Gasteiger partial charge in [-0.2, -0.15) is 4.39 Å². The highest BCUT2D eigenvalue weighted by molar-refractivity contribution is 9.10. The summed E-state index contributed by atoms with van der Waals surface area (Å²) in [7, 11) is 0. The van der Waals surface area contributed by atoms with E-state index in [1.807, 2.05) is 0 Å². The summed E-state index contributed by atoms with van der Waals surface area (Å²) in [6.07, 6.45) is 0. The molecule has 1 rings (SSSR count). The van der Waals surface area contributed by atoms with Crippen LogP contribution >= 0.6 is 15.9 Å². The first-order valence-corrected chi connectivity index (χ1v) is 4.06. The normalized spacial score (nSPS) is 10.1. The van der Waals surface area contributed by atoms with Crippen LogP contribution in [0, 0.1) is 22.9 Å². The monoisotopic (exact) mass is 249 g/mol. The summed E-state index contributed by atoms with van der Waals surface area (Å²) in [5.41, 5.74) is -0.789. The van der Waals surface area contributed by atoms with Crippen molar-refractivity contribution in [1.29, 1.82) is 0 Å². The molecule has 0 fully saturated rings. The molecular weight excluding hydrogens is 245 g/mol. The predicted molar refractivity (Wildman–Crippen MR) is 47.2 cm³/mol. The number of nitro benzene ring substituents is 1. The van der Waals surface area contributed by atoms with Crippen LogP contribution in [0.25, 0.3) is 0 Å². The summed E-state index contributed by atoms with van der Waals surface area (Å²) in [4.78, 5) is 9.46. The van der Waals surface area contributed by atoms with Crippen LogP contribution in [0.2, 0.25) is 0 Å². The van der Waals surface area contributed by atoms with Crippen molar-refractivity contribution in [3.05, 3.63) is 32.0 Å². The van der Waals surface area contributed by atoms with Crippen molar-refractivity contribution in [1.82, 2.24) is 0 Å². The van der Waals surface area contributed by atoms with E-state index in [-0.39, 0.29) is 15.8 Å². The minimum atomic E-state index is -1.01. The molecule has 0 atom stereocenters. The number of nitrogens with zero attached hydrogens (tertiary/aromatic N) is 1. The Balaban J connectivity index is 3.50. The van der Waals surface area contributed by atoms with Crippen molar-refractivity contribution >= 4 is 21.6 Å². The molecule has 6 heteroatoms. The molecule has 0 bridgehead atoms. The lowest BCUT2D eigenvalue weighted by molar-refractivity contribution is -0.387. The average Bonchev–Trinajstić information content (AvgIpc) is 2.07. The second-order valence-electron chi connectivity index (χ2n) is 2.42. The lowest BCUT2D eigenvalue weighted by Crippen LogP contribution is -1.95. The van der Waals surface area contributed by atoms with Crippen molar-refractivity contribution in [3.8, 4) is 5.75 Å². The van der Waals surface area contributed by atoms with Gasteiger partial charge in [-0.25, -0.2) is 0 Å². The van der Waals surface area contributed by atoms with Crippen LogP contribution in [0.15, 0.2) is 10.5 Å². The fourth-order valence-corrected chi connectivity index (χ4v) is 1.37. The van der Waals surface area contributed by atoms with E-state index in [4.69, 9.17) is 0 Å². The molecule has 0 saturated carbocycles. The number of hydrogen-bond acceptors (Lipinski definition) is 3. The fourth-order valence-electron chi connectivity index (χ4n) is 0.860. The van der Waals surface area contributed by atoms with E-state index in [0.29, 0.717) is 0 Å². The van der Waals surface area contributed by atoms with Crippen molar-refractivity contribution in [2.24, 2.45) is 0 Å². The average molecular weight is 250 g/mol. The molecule has 1 aromatic carbocycles. The van der Waals surface area contributed by atoms with Gasteiger partial charge < -0.3 is 5.11 Å². The van der Waals surface area contributed by atoms with Crippen LogP contribution in [-0.2, 0) is 0 Å². The maximum absolute atomic E-state index is 13.1. The molecule has 4 nitrogen and oxygen atoms in total.